The van der Waals surface area contributed by atoms with Gasteiger partial charge in [-0.2, -0.15) is 4.98 Å². The van der Waals surface area contributed by atoms with Gasteiger partial charge in [-0.15, -0.1) is 0 Å². The van der Waals surface area contributed by atoms with E-state index in [0.717, 1.165) is 48.5 Å². The van der Waals surface area contributed by atoms with Crippen LogP contribution in [-0.2, 0) is 6.42 Å². The van der Waals surface area contributed by atoms with E-state index < -0.39 is 17.5 Å². The normalized spacial score (nSPS) is 18.5. The lowest BCUT2D eigenvalue weighted by Gasteiger charge is -2.29. The van der Waals surface area contributed by atoms with Crippen molar-refractivity contribution in [3.05, 3.63) is 59.2 Å². The summed E-state index contributed by atoms with van der Waals surface area (Å²) >= 11 is 0. The number of para-hydroxylation sites is 1. The lowest BCUT2D eigenvalue weighted by molar-refractivity contribution is 0.0999. The summed E-state index contributed by atoms with van der Waals surface area (Å²) in [4.78, 5) is 22.7. The number of benzene rings is 2. The van der Waals surface area contributed by atoms with E-state index in [9.17, 15) is 13.6 Å². The number of carbonyl (C=O) groups excluding carboxylic acids is 1. The molecule has 6 nitrogen and oxygen atoms in total. The maximum Gasteiger partial charge on any atom is 0.248 e. The van der Waals surface area contributed by atoms with Gasteiger partial charge in [0.15, 0.2) is 11.6 Å². The molecule has 4 rings (SSSR count). The first-order chi connectivity index (χ1) is 15.3. The predicted molar refractivity (Wildman–Crippen MR) is 122 cm³/mol. The second-order valence-electron chi connectivity index (χ2n) is 8.64. The highest BCUT2D eigenvalue weighted by Gasteiger charge is 2.24. The number of primary amides is 1. The van der Waals surface area contributed by atoms with Crippen LogP contribution in [0.25, 0.3) is 10.9 Å². The lowest BCUT2D eigenvalue weighted by atomic mass is 9.82. The van der Waals surface area contributed by atoms with Gasteiger partial charge in [-0.05, 0) is 67.9 Å². The number of aromatic nitrogens is 2. The zero-order valence-electron chi connectivity index (χ0n) is 18.2. The van der Waals surface area contributed by atoms with E-state index in [-0.39, 0.29) is 23.1 Å². The third-order valence-electron chi connectivity index (χ3n) is 6.08. The molecule has 3 aromatic rings. The van der Waals surface area contributed by atoms with Gasteiger partial charge in [0.25, 0.3) is 0 Å². The number of anilines is 2. The SMILES string of the molecule is CN(C)c1nc(NC2CCC(Cc3cc(C(N)=O)cc(F)c3F)CC2)nc2ccccc12. The molecular formula is C24H27F2N5O. The molecule has 0 bridgehead atoms. The van der Waals surface area contributed by atoms with Crippen LogP contribution in [0.15, 0.2) is 36.4 Å². The van der Waals surface area contributed by atoms with Crippen molar-refractivity contribution in [2.45, 2.75) is 38.1 Å². The molecule has 1 amide bonds. The number of rotatable bonds is 6. The van der Waals surface area contributed by atoms with Crippen molar-refractivity contribution >= 4 is 28.6 Å². The van der Waals surface area contributed by atoms with Gasteiger partial charge in [0.2, 0.25) is 11.9 Å². The average Bonchev–Trinajstić information content (AvgIpc) is 2.77. The van der Waals surface area contributed by atoms with Crippen molar-refractivity contribution in [3.8, 4) is 0 Å². The summed E-state index contributed by atoms with van der Waals surface area (Å²) in [6.45, 7) is 0. The Morgan fingerprint density at radius 3 is 2.53 bits per heavy atom. The van der Waals surface area contributed by atoms with E-state index >= 15 is 0 Å². The van der Waals surface area contributed by atoms with Crippen LogP contribution in [0, 0.1) is 17.6 Å². The van der Waals surface area contributed by atoms with Crippen LogP contribution >= 0.6 is 0 Å². The van der Waals surface area contributed by atoms with Crippen molar-refractivity contribution in [1.82, 2.24) is 9.97 Å². The Hall–Kier alpha value is -3.29. The smallest absolute Gasteiger partial charge is 0.248 e. The topological polar surface area (TPSA) is 84.1 Å². The number of hydrogen-bond donors (Lipinski definition) is 2. The van der Waals surface area contributed by atoms with Gasteiger partial charge in [-0.1, -0.05) is 12.1 Å². The molecule has 0 atom stereocenters. The summed E-state index contributed by atoms with van der Waals surface area (Å²) in [5, 5.41) is 4.45. The number of nitrogens with one attached hydrogen (secondary N) is 1. The Labute approximate surface area is 185 Å². The fourth-order valence-corrected chi connectivity index (χ4v) is 4.41. The molecule has 1 aromatic heterocycles. The van der Waals surface area contributed by atoms with Crippen LogP contribution < -0.4 is 16.0 Å². The summed E-state index contributed by atoms with van der Waals surface area (Å²) in [6, 6.07) is 10.3. The standard InChI is InChI=1S/C24H27F2N5O/c1-31(2)23-18-5-3-4-6-20(18)29-24(30-23)28-17-9-7-14(8-10-17)11-15-12-16(22(27)32)13-19(25)21(15)26/h3-6,12-14,17H,7-11H2,1-2H3,(H2,27,32)(H,28,29,30). The Morgan fingerprint density at radius 2 is 1.84 bits per heavy atom. The molecule has 3 N–H and O–H groups in total. The lowest BCUT2D eigenvalue weighted by Crippen LogP contribution is -2.28. The monoisotopic (exact) mass is 439 g/mol. The largest absolute Gasteiger partial charge is 0.366 e. The highest BCUT2D eigenvalue weighted by Crippen LogP contribution is 2.31. The Bertz CT molecular complexity index is 1140. The van der Waals surface area contributed by atoms with Crippen molar-refractivity contribution < 1.29 is 13.6 Å². The molecule has 0 spiro atoms. The van der Waals surface area contributed by atoms with E-state index in [2.05, 4.69) is 10.3 Å². The third-order valence-corrected chi connectivity index (χ3v) is 6.08. The molecule has 8 heteroatoms. The minimum Gasteiger partial charge on any atom is -0.366 e. The van der Waals surface area contributed by atoms with Crippen molar-refractivity contribution in [2.75, 3.05) is 24.3 Å². The van der Waals surface area contributed by atoms with Gasteiger partial charge in [0.05, 0.1) is 5.52 Å². The van der Waals surface area contributed by atoms with Gasteiger partial charge < -0.3 is 16.0 Å². The molecule has 0 unspecified atom stereocenters. The van der Waals surface area contributed by atoms with Gasteiger partial charge in [-0.3, -0.25) is 4.79 Å². The van der Waals surface area contributed by atoms with E-state index in [1.54, 1.807) is 0 Å². The highest BCUT2D eigenvalue weighted by atomic mass is 19.2. The molecule has 32 heavy (non-hydrogen) atoms. The summed E-state index contributed by atoms with van der Waals surface area (Å²) in [6.07, 6.45) is 3.84. The third kappa shape index (κ3) is 4.64. The van der Waals surface area contributed by atoms with Crippen molar-refractivity contribution in [3.63, 3.8) is 0 Å². The van der Waals surface area contributed by atoms with E-state index in [1.807, 2.05) is 43.3 Å². The number of hydrogen-bond acceptors (Lipinski definition) is 5. The second-order valence-corrected chi connectivity index (χ2v) is 8.64. The Kier molecular flexibility index (Phi) is 6.21. The molecule has 2 aromatic carbocycles. The first kappa shape index (κ1) is 21.9. The number of fused-ring (bicyclic) bond motifs is 1. The number of amides is 1. The van der Waals surface area contributed by atoms with Crippen LogP contribution in [0.3, 0.4) is 0 Å². The summed E-state index contributed by atoms with van der Waals surface area (Å²) < 4.78 is 28.1. The number of nitrogens with zero attached hydrogens (tertiary/aromatic N) is 3. The van der Waals surface area contributed by atoms with Crippen LogP contribution in [-0.4, -0.2) is 36.0 Å². The summed E-state index contributed by atoms with van der Waals surface area (Å²) in [5.41, 5.74) is 6.33. The molecule has 168 valence electrons. The average molecular weight is 440 g/mol. The molecule has 1 aliphatic rings. The molecule has 1 saturated carbocycles. The Morgan fingerprint density at radius 1 is 1.12 bits per heavy atom. The van der Waals surface area contributed by atoms with Crippen LogP contribution in [0.2, 0.25) is 0 Å². The highest BCUT2D eigenvalue weighted by molar-refractivity contribution is 5.93. The second kappa shape index (κ2) is 9.06. The molecule has 0 saturated heterocycles. The summed E-state index contributed by atoms with van der Waals surface area (Å²) in [7, 11) is 3.91. The molecule has 0 radical (unpaired) electrons. The quantitative estimate of drug-likeness (QED) is 0.599. The predicted octanol–water partition coefficient (Wildman–Crippen LogP) is 4.29. The van der Waals surface area contributed by atoms with Gasteiger partial charge in [0.1, 0.15) is 5.82 Å². The van der Waals surface area contributed by atoms with Crippen molar-refractivity contribution in [2.24, 2.45) is 11.7 Å². The van der Waals surface area contributed by atoms with E-state index in [4.69, 9.17) is 10.7 Å². The molecular weight excluding hydrogens is 412 g/mol. The van der Waals surface area contributed by atoms with Crippen LogP contribution in [0.4, 0.5) is 20.5 Å². The van der Waals surface area contributed by atoms with Crippen LogP contribution in [0.1, 0.15) is 41.6 Å². The van der Waals surface area contributed by atoms with Crippen LogP contribution in [0.5, 0.6) is 0 Å². The minimum atomic E-state index is -1.03. The minimum absolute atomic E-state index is 0.000554. The Balaban J connectivity index is 1.42. The van der Waals surface area contributed by atoms with Gasteiger partial charge in [-0.25, -0.2) is 13.8 Å². The number of nitrogens with two attached hydrogens (primary N) is 1. The number of carbonyl (C=O) groups is 1. The zero-order valence-corrected chi connectivity index (χ0v) is 18.2. The first-order valence-corrected chi connectivity index (χ1v) is 10.8. The fraction of sp³-hybridized carbons (Fsp3) is 0.375. The first-order valence-electron chi connectivity index (χ1n) is 10.8. The van der Waals surface area contributed by atoms with Gasteiger partial charge >= 0.3 is 0 Å². The molecule has 0 aliphatic heterocycles. The fourth-order valence-electron chi connectivity index (χ4n) is 4.41. The number of halogens is 2. The molecule has 1 aliphatic carbocycles. The zero-order chi connectivity index (χ0) is 22.8. The van der Waals surface area contributed by atoms with E-state index in [1.165, 1.54) is 6.07 Å². The van der Waals surface area contributed by atoms with Gasteiger partial charge in [0, 0.05) is 31.1 Å². The molecule has 1 fully saturated rings. The summed E-state index contributed by atoms with van der Waals surface area (Å²) in [5.74, 6) is -1.02. The maximum atomic E-state index is 14.2. The van der Waals surface area contributed by atoms with Crippen molar-refractivity contribution in [1.29, 1.82) is 0 Å². The maximum absolute atomic E-state index is 14.2. The molecule has 1 heterocycles. The van der Waals surface area contributed by atoms with E-state index in [0.29, 0.717) is 12.4 Å².